The molecule has 2 aromatic carbocycles. The van der Waals surface area contributed by atoms with E-state index in [1.165, 1.54) is 11.3 Å². The van der Waals surface area contributed by atoms with Crippen LogP contribution < -0.4 is 5.32 Å². The summed E-state index contributed by atoms with van der Waals surface area (Å²) >= 11 is 7.66. The highest BCUT2D eigenvalue weighted by Crippen LogP contribution is 2.32. The van der Waals surface area contributed by atoms with E-state index in [9.17, 15) is 13.2 Å². The van der Waals surface area contributed by atoms with Crippen molar-refractivity contribution >= 4 is 55.3 Å². The Kier molecular flexibility index (Phi) is 6.10. The van der Waals surface area contributed by atoms with E-state index in [0.717, 1.165) is 10.4 Å². The number of aromatic amines is 1. The number of rotatable bonds is 6. The van der Waals surface area contributed by atoms with E-state index < -0.39 is 9.84 Å². The van der Waals surface area contributed by atoms with E-state index in [1.54, 1.807) is 60.2 Å². The summed E-state index contributed by atoms with van der Waals surface area (Å²) in [6, 6.07) is 13.5. The normalized spacial score (nSPS) is 11.6. The van der Waals surface area contributed by atoms with Crippen LogP contribution in [0.2, 0.25) is 5.15 Å². The Bertz CT molecular complexity index is 1660. The highest BCUT2D eigenvalue weighted by Gasteiger charge is 2.19. The molecule has 5 aromatic rings. The number of carbonyl (C=O) groups excluding carboxylic acids is 1. The molecule has 0 atom stereocenters. The zero-order chi connectivity index (χ0) is 24.6. The Morgan fingerprint density at radius 3 is 2.66 bits per heavy atom. The molecular formula is C24H18ClN5O3S2. The average Bonchev–Trinajstić information content (AvgIpc) is 3.50. The van der Waals surface area contributed by atoms with Crippen molar-refractivity contribution in [3.8, 4) is 11.1 Å². The van der Waals surface area contributed by atoms with Crippen molar-refractivity contribution in [2.75, 3.05) is 5.32 Å². The molecule has 0 aliphatic carbocycles. The summed E-state index contributed by atoms with van der Waals surface area (Å²) < 4.78 is 25.8. The number of thiazole rings is 1. The Morgan fingerprint density at radius 1 is 1.11 bits per heavy atom. The van der Waals surface area contributed by atoms with Crippen molar-refractivity contribution in [2.24, 2.45) is 0 Å². The highest BCUT2D eigenvalue weighted by atomic mass is 35.5. The van der Waals surface area contributed by atoms with Gasteiger partial charge in [-0.3, -0.25) is 9.89 Å². The molecule has 0 aliphatic heterocycles. The first kappa shape index (κ1) is 23.2. The molecule has 3 heterocycles. The molecule has 0 bridgehead atoms. The van der Waals surface area contributed by atoms with Gasteiger partial charge in [-0.1, -0.05) is 29.8 Å². The number of amides is 1. The van der Waals surface area contributed by atoms with Gasteiger partial charge < -0.3 is 5.32 Å². The predicted molar refractivity (Wildman–Crippen MR) is 136 cm³/mol. The second-order valence-corrected chi connectivity index (χ2v) is 11.2. The van der Waals surface area contributed by atoms with Crippen LogP contribution >= 0.6 is 22.9 Å². The number of carbonyl (C=O) groups is 1. The summed E-state index contributed by atoms with van der Waals surface area (Å²) in [5.41, 5.74) is 3.28. The number of sulfone groups is 1. The van der Waals surface area contributed by atoms with Crippen LogP contribution in [0.15, 0.2) is 71.2 Å². The van der Waals surface area contributed by atoms with Gasteiger partial charge >= 0.3 is 0 Å². The van der Waals surface area contributed by atoms with Crippen LogP contribution in [0.25, 0.3) is 22.0 Å². The average molecular weight is 524 g/mol. The number of pyridine rings is 1. The number of hydrogen-bond acceptors (Lipinski definition) is 7. The third-order valence-corrected chi connectivity index (χ3v) is 8.15. The molecule has 35 heavy (non-hydrogen) atoms. The molecule has 11 heteroatoms. The molecule has 0 radical (unpaired) electrons. The van der Waals surface area contributed by atoms with Gasteiger partial charge in [-0.15, -0.1) is 11.3 Å². The van der Waals surface area contributed by atoms with Crippen molar-refractivity contribution in [1.82, 2.24) is 20.2 Å². The number of aryl methyl sites for hydroxylation is 1. The second-order valence-electron chi connectivity index (χ2n) is 7.81. The standard InChI is InChI=1S/C24H18ClN5O3S2/c1-14-28-22(12-34-14)24(31)29-20-8-15(9-21-19(20)11-27-30-21)16-7-17(23(25)26-10-16)13-35(32,33)18-5-3-2-4-6-18/h2-12H,13H2,1H3,(H,27,30)(H,29,31). The van der Waals surface area contributed by atoms with Gasteiger partial charge in [-0.25, -0.2) is 18.4 Å². The van der Waals surface area contributed by atoms with Gasteiger partial charge in [0.25, 0.3) is 5.91 Å². The summed E-state index contributed by atoms with van der Waals surface area (Å²) in [7, 11) is -3.62. The molecule has 5 rings (SSSR count). The van der Waals surface area contributed by atoms with Crippen LogP contribution in [0.1, 0.15) is 21.1 Å². The van der Waals surface area contributed by atoms with Crippen molar-refractivity contribution in [3.05, 3.63) is 87.7 Å². The monoisotopic (exact) mass is 523 g/mol. The lowest BCUT2D eigenvalue weighted by Crippen LogP contribution is -2.12. The quantitative estimate of drug-likeness (QED) is 0.293. The van der Waals surface area contributed by atoms with Crippen LogP contribution in [0.3, 0.4) is 0 Å². The van der Waals surface area contributed by atoms with Gasteiger partial charge in [0.2, 0.25) is 0 Å². The second kappa shape index (κ2) is 9.21. The van der Waals surface area contributed by atoms with Crippen molar-refractivity contribution in [2.45, 2.75) is 17.6 Å². The number of hydrogen-bond donors (Lipinski definition) is 2. The van der Waals surface area contributed by atoms with E-state index in [0.29, 0.717) is 33.6 Å². The van der Waals surface area contributed by atoms with Crippen LogP contribution in [0.5, 0.6) is 0 Å². The van der Waals surface area contributed by atoms with E-state index >= 15 is 0 Å². The molecule has 3 aromatic heterocycles. The van der Waals surface area contributed by atoms with Crippen LogP contribution in [-0.4, -0.2) is 34.5 Å². The molecule has 0 spiro atoms. The number of H-pyrrole nitrogens is 1. The maximum atomic E-state index is 12.9. The number of nitrogens with zero attached hydrogens (tertiary/aromatic N) is 3. The summed E-state index contributed by atoms with van der Waals surface area (Å²) in [5, 5.41) is 13.2. The zero-order valence-corrected chi connectivity index (χ0v) is 20.7. The summed E-state index contributed by atoms with van der Waals surface area (Å²) in [6.45, 7) is 1.83. The van der Waals surface area contributed by atoms with E-state index in [-0.39, 0.29) is 21.7 Å². The Balaban J connectivity index is 1.51. The summed E-state index contributed by atoms with van der Waals surface area (Å²) in [5.74, 6) is -0.631. The Morgan fingerprint density at radius 2 is 1.91 bits per heavy atom. The first-order chi connectivity index (χ1) is 16.8. The molecule has 2 N–H and O–H groups in total. The number of fused-ring (bicyclic) bond motifs is 1. The minimum atomic E-state index is -3.62. The molecule has 176 valence electrons. The minimum absolute atomic E-state index is 0.114. The third-order valence-electron chi connectivity index (χ3n) is 5.35. The van der Waals surface area contributed by atoms with E-state index in [1.807, 2.05) is 13.0 Å². The molecular weight excluding hydrogens is 506 g/mol. The molecule has 8 nitrogen and oxygen atoms in total. The smallest absolute Gasteiger partial charge is 0.275 e. The largest absolute Gasteiger partial charge is 0.320 e. The van der Waals surface area contributed by atoms with E-state index in [2.05, 4.69) is 25.5 Å². The van der Waals surface area contributed by atoms with Gasteiger partial charge in [0.15, 0.2) is 9.84 Å². The van der Waals surface area contributed by atoms with Crippen molar-refractivity contribution < 1.29 is 13.2 Å². The maximum Gasteiger partial charge on any atom is 0.275 e. The first-order valence-corrected chi connectivity index (χ1v) is 13.3. The topological polar surface area (TPSA) is 118 Å². The molecule has 0 saturated heterocycles. The summed E-state index contributed by atoms with van der Waals surface area (Å²) in [4.78, 5) is 21.4. The summed E-state index contributed by atoms with van der Waals surface area (Å²) in [6.07, 6.45) is 3.19. The van der Waals surface area contributed by atoms with Crippen molar-refractivity contribution in [1.29, 1.82) is 0 Å². The van der Waals surface area contributed by atoms with Gasteiger partial charge in [-0.05, 0) is 42.8 Å². The van der Waals surface area contributed by atoms with Crippen molar-refractivity contribution in [3.63, 3.8) is 0 Å². The lowest BCUT2D eigenvalue weighted by atomic mass is 10.0. The van der Waals surface area contributed by atoms with Gasteiger partial charge in [0.1, 0.15) is 10.8 Å². The lowest BCUT2D eigenvalue weighted by Gasteiger charge is -2.11. The number of benzene rings is 2. The maximum absolute atomic E-state index is 12.9. The molecule has 0 unspecified atom stereocenters. The van der Waals surface area contributed by atoms with Gasteiger partial charge in [0, 0.05) is 28.1 Å². The number of aromatic nitrogens is 4. The fraction of sp³-hybridized carbons (Fsp3) is 0.0833. The fourth-order valence-corrected chi connectivity index (χ4v) is 5.85. The predicted octanol–water partition coefficient (Wildman–Crippen LogP) is 5.27. The zero-order valence-electron chi connectivity index (χ0n) is 18.3. The van der Waals surface area contributed by atoms with Gasteiger partial charge in [-0.2, -0.15) is 5.10 Å². The van der Waals surface area contributed by atoms with E-state index in [4.69, 9.17) is 11.6 Å². The SMILES string of the molecule is Cc1nc(C(=O)Nc2cc(-c3cnc(Cl)c(CS(=O)(=O)c4ccccc4)c3)cc3[nH]ncc23)cs1. The molecule has 1 amide bonds. The van der Waals surface area contributed by atoms with Crippen LogP contribution in [0.4, 0.5) is 5.69 Å². The molecule has 0 aliphatic rings. The molecule has 0 fully saturated rings. The fourth-order valence-electron chi connectivity index (χ4n) is 3.64. The number of halogens is 1. The minimum Gasteiger partial charge on any atom is -0.320 e. The Labute approximate surface area is 209 Å². The van der Waals surface area contributed by atoms with Crippen LogP contribution in [0, 0.1) is 6.92 Å². The number of anilines is 1. The number of nitrogens with one attached hydrogen (secondary N) is 2. The van der Waals surface area contributed by atoms with Gasteiger partial charge in [0.05, 0.1) is 33.1 Å². The molecule has 0 saturated carbocycles. The Hall–Kier alpha value is -3.60. The van der Waals surface area contributed by atoms with Crippen LogP contribution in [-0.2, 0) is 15.6 Å². The third kappa shape index (κ3) is 4.81. The highest BCUT2D eigenvalue weighted by molar-refractivity contribution is 7.90. The first-order valence-electron chi connectivity index (χ1n) is 10.4. The lowest BCUT2D eigenvalue weighted by molar-refractivity contribution is 0.102.